The third kappa shape index (κ3) is 2.14. The third-order valence-electron chi connectivity index (χ3n) is 5.24. The number of thiocyanates is 1. The Balaban J connectivity index is 0.00000162. The van der Waals surface area contributed by atoms with Crippen molar-refractivity contribution in [3.8, 4) is 5.40 Å². The van der Waals surface area contributed by atoms with Crippen LogP contribution in [-0.2, 0) is 9.53 Å². The van der Waals surface area contributed by atoms with Crippen molar-refractivity contribution >= 4 is 17.7 Å². The van der Waals surface area contributed by atoms with E-state index in [0.29, 0.717) is 5.92 Å². The summed E-state index contributed by atoms with van der Waals surface area (Å²) in [6.07, 6.45) is 3.44. The molecule has 0 aromatic carbocycles. The van der Waals surface area contributed by atoms with Crippen molar-refractivity contribution in [1.29, 1.82) is 5.26 Å². The standard InChI is InChI=1S/C13H19NO2S.CH3/c1-12(2)9-4-5-13(12,3)10(6-9)16-11(15)7-17-8-14;/h9-10H,4-7H2,1-3H3;1H3/t9-,10?,13-;/m1./s1. The molecule has 3 nitrogen and oxygen atoms in total. The predicted molar refractivity (Wildman–Crippen MR) is 73.6 cm³/mol. The smallest absolute Gasteiger partial charge is 0.317 e. The summed E-state index contributed by atoms with van der Waals surface area (Å²) < 4.78 is 5.58. The lowest BCUT2D eigenvalue weighted by molar-refractivity contribution is -0.153. The van der Waals surface area contributed by atoms with Crippen LogP contribution in [0.1, 0.15) is 40.0 Å². The van der Waals surface area contributed by atoms with Gasteiger partial charge in [0.25, 0.3) is 0 Å². The Morgan fingerprint density at radius 2 is 2.17 bits per heavy atom. The first kappa shape index (κ1) is 15.4. The summed E-state index contributed by atoms with van der Waals surface area (Å²) in [5, 5.41) is 10.3. The van der Waals surface area contributed by atoms with Gasteiger partial charge in [0, 0.05) is 5.41 Å². The van der Waals surface area contributed by atoms with Crippen LogP contribution in [0.3, 0.4) is 0 Å². The van der Waals surface area contributed by atoms with Crippen molar-refractivity contribution < 1.29 is 9.53 Å². The van der Waals surface area contributed by atoms with E-state index in [9.17, 15) is 4.79 Å². The Morgan fingerprint density at radius 3 is 2.61 bits per heavy atom. The molecule has 2 aliphatic rings. The number of thioether (sulfide) groups is 1. The molecule has 2 bridgehead atoms. The van der Waals surface area contributed by atoms with Gasteiger partial charge in [-0.3, -0.25) is 4.79 Å². The van der Waals surface area contributed by atoms with Crippen molar-refractivity contribution in [2.24, 2.45) is 16.7 Å². The number of ether oxygens (including phenoxy) is 1. The quantitative estimate of drug-likeness (QED) is 0.581. The molecule has 18 heavy (non-hydrogen) atoms. The lowest BCUT2D eigenvalue weighted by Gasteiger charge is -2.38. The molecular formula is C14H22NO2S. The summed E-state index contributed by atoms with van der Waals surface area (Å²) in [7, 11) is 0. The summed E-state index contributed by atoms with van der Waals surface area (Å²) in [6.45, 7) is 6.83. The second-order valence-corrected chi connectivity index (χ2v) is 6.73. The molecule has 2 fully saturated rings. The van der Waals surface area contributed by atoms with E-state index >= 15 is 0 Å². The maximum atomic E-state index is 11.6. The summed E-state index contributed by atoms with van der Waals surface area (Å²) in [6, 6.07) is 0. The molecule has 0 heterocycles. The van der Waals surface area contributed by atoms with E-state index in [0.717, 1.165) is 24.6 Å². The molecule has 0 spiro atoms. The van der Waals surface area contributed by atoms with Crippen LogP contribution < -0.4 is 0 Å². The van der Waals surface area contributed by atoms with Crippen molar-refractivity contribution in [3.05, 3.63) is 7.43 Å². The van der Waals surface area contributed by atoms with Crippen LogP contribution in [0.2, 0.25) is 0 Å². The second-order valence-electron chi connectivity index (χ2n) is 5.97. The second kappa shape index (κ2) is 5.13. The average Bonchev–Trinajstić information content (AvgIpc) is 2.59. The Morgan fingerprint density at radius 1 is 1.50 bits per heavy atom. The summed E-state index contributed by atoms with van der Waals surface area (Å²) in [5.41, 5.74) is 0.380. The first-order valence-corrected chi connectivity index (χ1v) is 7.11. The summed E-state index contributed by atoms with van der Waals surface area (Å²) >= 11 is 0.949. The normalized spacial score (nSPS) is 35.7. The topological polar surface area (TPSA) is 50.1 Å². The van der Waals surface area contributed by atoms with E-state index < -0.39 is 0 Å². The maximum absolute atomic E-state index is 11.6. The van der Waals surface area contributed by atoms with Crippen LogP contribution in [-0.4, -0.2) is 17.8 Å². The predicted octanol–water partition coefficient (Wildman–Crippen LogP) is 3.41. The van der Waals surface area contributed by atoms with Gasteiger partial charge in [-0.1, -0.05) is 28.2 Å². The minimum atomic E-state index is -0.244. The highest BCUT2D eigenvalue weighted by Gasteiger charge is 2.62. The molecule has 2 rings (SSSR count). The van der Waals surface area contributed by atoms with E-state index in [1.807, 2.05) is 5.40 Å². The number of nitrogens with zero attached hydrogens (tertiary/aromatic N) is 1. The van der Waals surface area contributed by atoms with Gasteiger partial charge in [-0.15, -0.1) is 0 Å². The van der Waals surface area contributed by atoms with E-state index in [4.69, 9.17) is 10.00 Å². The van der Waals surface area contributed by atoms with Gasteiger partial charge >= 0.3 is 5.97 Å². The zero-order chi connectivity index (χ0) is 12.7. The highest BCUT2D eigenvalue weighted by molar-refractivity contribution is 8.04. The first-order valence-electron chi connectivity index (χ1n) is 6.12. The minimum Gasteiger partial charge on any atom is -0.461 e. The number of hydrogen-bond acceptors (Lipinski definition) is 4. The molecule has 0 aliphatic heterocycles. The molecule has 4 heteroatoms. The third-order valence-corrected chi connectivity index (χ3v) is 5.75. The van der Waals surface area contributed by atoms with Gasteiger partial charge in [0.2, 0.25) is 0 Å². The number of nitriles is 1. The van der Waals surface area contributed by atoms with Gasteiger partial charge in [0.1, 0.15) is 17.3 Å². The lowest BCUT2D eigenvalue weighted by Crippen LogP contribution is -2.38. The molecule has 0 amide bonds. The number of hydrogen-bond donors (Lipinski definition) is 0. The van der Waals surface area contributed by atoms with E-state index in [2.05, 4.69) is 20.8 Å². The molecule has 101 valence electrons. The SMILES string of the molecule is CC1(C)[C@@H]2CC[C@]1(C)C(OC(=O)CSC#N)C2.[CH3]. The van der Waals surface area contributed by atoms with Gasteiger partial charge in [0.15, 0.2) is 0 Å². The molecule has 2 saturated carbocycles. The van der Waals surface area contributed by atoms with E-state index in [1.54, 1.807) is 0 Å². The number of rotatable bonds is 3. The monoisotopic (exact) mass is 268 g/mol. The average molecular weight is 268 g/mol. The molecule has 0 saturated heterocycles. The molecule has 0 N–H and O–H groups in total. The fourth-order valence-corrected chi connectivity index (χ4v) is 3.84. The number of carbonyl (C=O) groups excluding carboxylic acids is 1. The van der Waals surface area contributed by atoms with Crippen LogP contribution in [0.4, 0.5) is 0 Å². The fraction of sp³-hybridized carbons (Fsp3) is 0.786. The number of esters is 1. The summed E-state index contributed by atoms with van der Waals surface area (Å²) in [5.74, 6) is 0.578. The molecule has 1 unspecified atom stereocenters. The Hall–Kier alpha value is -0.690. The van der Waals surface area contributed by atoms with Gasteiger partial charge in [-0.05, 0) is 42.4 Å². The van der Waals surface area contributed by atoms with E-state index in [1.165, 1.54) is 6.42 Å². The van der Waals surface area contributed by atoms with Gasteiger partial charge < -0.3 is 4.74 Å². The van der Waals surface area contributed by atoms with Crippen LogP contribution >= 0.6 is 11.8 Å². The van der Waals surface area contributed by atoms with Gasteiger partial charge in [-0.25, -0.2) is 0 Å². The highest BCUT2D eigenvalue weighted by atomic mass is 32.2. The molecule has 0 aromatic heterocycles. The molecule has 3 atom stereocenters. The first-order chi connectivity index (χ1) is 7.91. The van der Waals surface area contributed by atoms with Crippen molar-refractivity contribution in [3.63, 3.8) is 0 Å². The van der Waals surface area contributed by atoms with Crippen LogP contribution in [0.25, 0.3) is 0 Å². The Labute approximate surface area is 114 Å². The molecule has 0 aromatic rings. The van der Waals surface area contributed by atoms with Gasteiger partial charge in [-0.2, -0.15) is 5.26 Å². The summed E-state index contributed by atoms with van der Waals surface area (Å²) in [4.78, 5) is 11.6. The largest absolute Gasteiger partial charge is 0.461 e. The number of carbonyl (C=O) groups is 1. The van der Waals surface area contributed by atoms with Crippen LogP contribution in [0.5, 0.6) is 0 Å². The maximum Gasteiger partial charge on any atom is 0.317 e. The molecule has 1 radical (unpaired) electrons. The number of fused-ring (bicyclic) bond motifs is 2. The van der Waals surface area contributed by atoms with Crippen LogP contribution in [0.15, 0.2) is 0 Å². The minimum absolute atomic E-state index is 0. The van der Waals surface area contributed by atoms with E-state index in [-0.39, 0.29) is 36.1 Å². The van der Waals surface area contributed by atoms with Gasteiger partial charge in [0.05, 0.1) is 0 Å². The van der Waals surface area contributed by atoms with Crippen molar-refractivity contribution in [2.45, 2.75) is 46.1 Å². The zero-order valence-electron chi connectivity index (χ0n) is 11.7. The van der Waals surface area contributed by atoms with Crippen molar-refractivity contribution in [1.82, 2.24) is 0 Å². The molecule has 2 aliphatic carbocycles. The zero-order valence-corrected chi connectivity index (χ0v) is 12.5. The van der Waals surface area contributed by atoms with Crippen molar-refractivity contribution in [2.75, 3.05) is 5.75 Å². The molecular weight excluding hydrogens is 246 g/mol. The highest BCUT2D eigenvalue weighted by Crippen LogP contribution is 2.66. The van der Waals surface area contributed by atoms with Crippen LogP contribution in [0, 0.1) is 34.8 Å². The lowest BCUT2D eigenvalue weighted by atomic mass is 9.70. The fourth-order valence-electron chi connectivity index (χ4n) is 3.59. The Kier molecular flexibility index (Phi) is 4.38. The Bertz CT molecular complexity index is 374.